The number of carbonyl (C=O) groups is 2. The normalized spacial score (nSPS) is 10.5. The average Bonchev–Trinajstić information content (AvgIpc) is 3.24. The number of aryl methyl sites for hydroxylation is 1. The predicted molar refractivity (Wildman–Crippen MR) is 101 cm³/mol. The number of hydrogen-bond acceptors (Lipinski definition) is 5. The van der Waals surface area contributed by atoms with Gasteiger partial charge in [0.1, 0.15) is 11.5 Å². The number of thiazole rings is 1. The van der Waals surface area contributed by atoms with Crippen molar-refractivity contribution in [2.45, 2.75) is 26.8 Å². The van der Waals surface area contributed by atoms with E-state index in [4.69, 9.17) is 4.42 Å². The van der Waals surface area contributed by atoms with Crippen LogP contribution >= 0.6 is 11.3 Å². The molecule has 7 heteroatoms. The third-order valence-corrected chi connectivity index (χ3v) is 4.42. The summed E-state index contributed by atoms with van der Waals surface area (Å²) < 4.78 is 5.66. The molecule has 6 nitrogen and oxygen atoms in total. The van der Waals surface area contributed by atoms with E-state index in [1.807, 2.05) is 36.6 Å². The summed E-state index contributed by atoms with van der Waals surface area (Å²) in [5.41, 5.74) is 2.77. The third kappa shape index (κ3) is 4.80. The van der Waals surface area contributed by atoms with E-state index in [2.05, 4.69) is 15.6 Å². The summed E-state index contributed by atoms with van der Waals surface area (Å²) in [5, 5.41) is 7.84. The second-order valence-corrected chi connectivity index (χ2v) is 6.78. The highest BCUT2D eigenvalue weighted by atomic mass is 32.1. The molecule has 2 amide bonds. The van der Waals surface area contributed by atoms with Gasteiger partial charge < -0.3 is 15.1 Å². The molecule has 2 N–H and O–H groups in total. The fraction of sp³-hybridized carbons (Fsp3) is 0.211. The molecule has 0 radical (unpaired) electrons. The monoisotopic (exact) mass is 369 g/mol. The molecule has 134 valence electrons. The summed E-state index contributed by atoms with van der Waals surface area (Å²) in [7, 11) is 0. The molecule has 0 fully saturated rings. The van der Waals surface area contributed by atoms with Crippen LogP contribution in [-0.2, 0) is 22.6 Å². The van der Waals surface area contributed by atoms with Crippen molar-refractivity contribution in [1.29, 1.82) is 0 Å². The molecule has 0 atom stereocenters. The maximum Gasteiger partial charge on any atom is 0.230 e. The van der Waals surface area contributed by atoms with E-state index < -0.39 is 0 Å². The minimum absolute atomic E-state index is 0.111. The van der Waals surface area contributed by atoms with Gasteiger partial charge in [-0.25, -0.2) is 4.98 Å². The van der Waals surface area contributed by atoms with E-state index >= 15 is 0 Å². The molecule has 1 aromatic carbocycles. The van der Waals surface area contributed by atoms with Crippen molar-refractivity contribution in [2.24, 2.45) is 0 Å². The predicted octanol–water partition coefficient (Wildman–Crippen LogP) is 3.53. The zero-order chi connectivity index (χ0) is 18.5. The number of anilines is 1. The van der Waals surface area contributed by atoms with Crippen LogP contribution in [0.4, 0.5) is 5.13 Å². The Hall–Kier alpha value is -2.93. The molecule has 0 aliphatic heterocycles. The Morgan fingerprint density at radius 3 is 2.65 bits per heavy atom. The van der Waals surface area contributed by atoms with Crippen LogP contribution in [0.25, 0.3) is 11.5 Å². The molecule has 3 rings (SSSR count). The molecule has 0 saturated carbocycles. The maximum absolute atomic E-state index is 12.2. The van der Waals surface area contributed by atoms with Gasteiger partial charge in [0.25, 0.3) is 0 Å². The number of amides is 2. The van der Waals surface area contributed by atoms with Crippen molar-refractivity contribution in [3.8, 4) is 11.5 Å². The summed E-state index contributed by atoms with van der Waals surface area (Å²) in [6.07, 6.45) is 0.302. The van der Waals surface area contributed by atoms with Gasteiger partial charge in [0.15, 0.2) is 10.9 Å². The molecule has 2 aromatic heterocycles. The Balaban J connectivity index is 1.59. The lowest BCUT2D eigenvalue weighted by Crippen LogP contribution is -2.18. The number of carbonyl (C=O) groups excluding carboxylic acids is 2. The Morgan fingerprint density at radius 2 is 1.92 bits per heavy atom. The minimum Gasteiger partial charge on any atom is -0.458 e. The molecule has 3 aromatic rings. The lowest BCUT2D eigenvalue weighted by molar-refractivity contribution is -0.119. The quantitative estimate of drug-likeness (QED) is 0.696. The summed E-state index contributed by atoms with van der Waals surface area (Å²) in [5.74, 6) is 1.02. The van der Waals surface area contributed by atoms with Crippen LogP contribution in [0.5, 0.6) is 0 Å². The summed E-state index contributed by atoms with van der Waals surface area (Å²) in [6.45, 7) is 3.80. The van der Waals surface area contributed by atoms with Crippen LogP contribution in [0.15, 0.2) is 46.2 Å². The van der Waals surface area contributed by atoms with E-state index in [9.17, 15) is 9.59 Å². The van der Waals surface area contributed by atoms with E-state index in [1.165, 1.54) is 18.3 Å². The Kier molecular flexibility index (Phi) is 5.48. The Bertz CT molecular complexity index is 912. The van der Waals surface area contributed by atoms with Crippen molar-refractivity contribution in [3.05, 3.63) is 58.7 Å². The minimum atomic E-state index is -0.116. The lowest BCUT2D eigenvalue weighted by atomic mass is 10.1. The molecule has 2 heterocycles. The van der Waals surface area contributed by atoms with Gasteiger partial charge in [0, 0.05) is 12.3 Å². The zero-order valence-corrected chi connectivity index (χ0v) is 15.4. The fourth-order valence-corrected chi connectivity index (χ4v) is 3.04. The number of furan rings is 1. The van der Waals surface area contributed by atoms with Gasteiger partial charge in [0.2, 0.25) is 11.8 Å². The van der Waals surface area contributed by atoms with Gasteiger partial charge in [0.05, 0.1) is 13.0 Å². The van der Waals surface area contributed by atoms with Gasteiger partial charge in [-0.2, -0.15) is 0 Å². The summed E-state index contributed by atoms with van der Waals surface area (Å²) in [6, 6.07) is 11.5. The van der Waals surface area contributed by atoms with E-state index in [0.717, 1.165) is 11.1 Å². The standard InChI is InChI=1S/C19H19N3O3S/c1-12-3-5-14(6-4-12)9-18(24)22-19-21-16(11-26-19)17-8-7-15(25-17)10-20-13(2)23/h3-8,11H,9-10H2,1-2H3,(H,20,23)(H,21,22,24). The largest absolute Gasteiger partial charge is 0.458 e. The van der Waals surface area contributed by atoms with Gasteiger partial charge in [-0.15, -0.1) is 11.3 Å². The van der Waals surface area contributed by atoms with E-state index in [1.54, 1.807) is 12.1 Å². The second-order valence-electron chi connectivity index (χ2n) is 5.92. The van der Waals surface area contributed by atoms with Crippen molar-refractivity contribution in [1.82, 2.24) is 10.3 Å². The van der Waals surface area contributed by atoms with E-state index in [-0.39, 0.29) is 11.8 Å². The first kappa shape index (κ1) is 17.9. The number of hydrogen-bond donors (Lipinski definition) is 2. The van der Waals surface area contributed by atoms with Gasteiger partial charge in [-0.3, -0.25) is 9.59 Å². The number of aromatic nitrogens is 1. The average molecular weight is 369 g/mol. The summed E-state index contributed by atoms with van der Waals surface area (Å²) >= 11 is 1.34. The Morgan fingerprint density at radius 1 is 1.15 bits per heavy atom. The molecule has 26 heavy (non-hydrogen) atoms. The molecular formula is C19H19N3O3S. The van der Waals surface area contributed by atoms with Crippen LogP contribution in [0, 0.1) is 6.92 Å². The third-order valence-electron chi connectivity index (χ3n) is 3.66. The molecular weight excluding hydrogens is 350 g/mol. The molecule has 0 saturated heterocycles. The summed E-state index contributed by atoms with van der Waals surface area (Å²) in [4.78, 5) is 27.5. The smallest absolute Gasteiger partial charge is 0.230 e. The highest BCUT2D eigenvalue weighted by molar-refractivity contribution is 7.14. The van der Waals surface area contributed by atoms with E-state index in [0.29, 0.717) is 35.3 Å². The second kappa shape index (κ2) is 7.97. The van der Waals surface area contributed by atoms with Crippen molar-refractivity contribution < 1.29 is 14.0 Å². The maximum atomic E-state index is 12.2. The molecule has 0 unspecified atom stereocenters. The first-order valence-corrected chi connectivity index (χ1v) is 9.02. The topological polar surface area (TPSA) is 84.2 Å². The SMILES string of the molecule is CC(=O)NCc1ccc(-c2csc(NC(=O)Cc3ccc(C)cc3)n2)o1. The van der Waals surface area contributed by atoms with Gasteiger partial charge in [-0.05, 0) is 24.6 Å². The number of nitrogens with one attached hydrogen (secondary N) is 2. The lowest BCUT2D eigenvalue weighted by Gasteiger charge is -2.02. The molecule has 0 spiro atoms. The first-order valence-electron chi connectivity index (χ1n) is 8.14. The molecule has 0 aliphatic rings. The van der Waals surface area contributed by atoms with Crippen LogP contribution < -0.4 is 10.6 Å². The molecule has 0 aliphatic carbocycles. The highest BCUT2D eigenvalue weighted by Gasteiger charge is 2.12. The van der Waals surface area contributed by atoms with Crippen LogP contribution in [0.3, 0.4) is 0 Å². The van der Waals surface area contributed by atoms with Crippen LogP contribution in [-0.4, -0.2) is 16.8 Å². The first-order chi connectivity index (χ1) is 12.5. The highest BCUT2D eigenvalue weighted by Crippen LogP contribution is 2.26. The van der Waals surface area contributed by atoms with Crippen LogP contribution in [0.2, 0.25) is 0 Å². The van der Waals surface area contributed by atoms with Gasteiger partial charge >= 0.3 is 0 Å². The number of rotatable bonds is 6. The molecule has 0 bridgehead atoms. The number of nitrogens with zero attached hydrogens (tertiary/aromatic N) is 1. The Labute approximate surface area is 155 Å². The van der Waals surface area contributed by atoms with Gasteiger partial charge in [-0.1, -0.05) is 29.8 Å². The van der Waals surface area contributed by atoms with Crippen molar-refractivity contribution >= 4 is 28.3 Å². The fourth-order valence-electron chi connectivity index (χ4n) is 2.32. The van der Waals surface area contributed by atoms with Crippen molar-refractivity contribution in [2.75, 3.05) is 5.32 Å². The van der Waals surface area contributed by atoms with Crippen LogP contribution in [0.1, 0.15) is 23.8 Å². The van der Waals surface area contributed by atoms with Crippen molar-refractivity contribution in [3.63, 3.8) is 0 Å². The zero-order valence-electron chi connectivity index (χ0n) is 14.5. The number of benzene rings is 1.